The topological polar surface area (TPSA) is 65.8 Å². The normalized spacial score (nSPS) is 15.6. The minimum Gasteiger partial charge on any atom is -0.454 e. The molecule has 0 saturated carbocycles. The summed E-state index contributed by atoms with van der Waals surface area (Å²) < 4.78 is 18.5. The quantitative estimate of drug-likeness (QED) is 0.641. The standard InChI is InChI=1S/C22H23N3O4S/c1-14-9-17(15(2)25(14)16-3-4-19-20(10-16)29-13-28-19)18-12-30-21(23-18)11-22(26)24-5-7-27-8-6-24/h3-4,9-10,12H,5-8,11,13H2,1-2H3. The van der Waals surface area contributed by atoms with E-state index in [1.54, 1.807) is 0 Å². The molecule has 0 N–H and O–H groups in total. The van der Waals surface area contributed by atoms with E-state index in [9.17, 15) is 4.79 Å². The molecule has 30 heavy (non-hydrogen) atoms. The van der Waals surface area contributed by atoms with Crippen molar-refractivity contribution in [2.24, 2.45) is 0 Å². The smallest absolute Gasteiger partial charge is 0.231 e. The number of nitrogens with zero attached hydrogens (tertiary/aromatic N) is 3. The zero-order chi connectivity index (χ0) is 20.7. The molecule has 0 atom stereocenters. The predicted molar refractivity (Wildman–Crippen MR) is 114 cm³/mol. The number of hydrogen-bond acceptors (Lipinski definition) is 6. The molecule has 3 aromatic rings. The summed E-state index contributed by atoms with van der Waals surface area (Å²) in [6.07, 6.45) is 0.339. The number of fused-ring (bicyclic) bond motifs is 1. The van der Waals surface area contributed by atoms with Gasteiger partial charge in [0.2, 0.25) is 12.7 Å². The molecule has 0 bridgehead atoms. The molecule has 0 aliphatic carbocycles. The van der Waals surface area contributed by atoms with Crippen LogP contribution in [0, 0.1) is 13.8 Å². The van der Waals surface area contributed by atoms with E-state index < -0.39 is 0 Å². The highest BCUT2D eigenvalue weighted by molar-refractivity contribution is 7.10. The van der Waals surface area contributed by atoms with Crippen LogP contribution in [0.4, 0.5) is 0 Å². The van der Waals surface area contributed by atoms with Gasteiger partial charge in [-0.3, -0.25) is 4.79 Å². The first-order valence-corrected chi connectivity index (χ1v) is 10.9. The van der Waals surface area contributed by atoms with Gasteiger partial charge < -0.3 is 23.7 Å². The Labute approximate surface area is 178 Å². The van der Waals surface area contributed by atoms with Crippen LogP contribution in [0.25, 0.3) is 16.9 Å². The summed E-state index contributed by atoms with van der Waals surface area (Å²) >= 11 is 1.54. The molecular weight excluding hydrogens is 402 g/mol. The van der Waals surface area contributed by atoms with Gasteiger partial charge in [0, 0.05) is 47.2 Å². The lowest BCUT2D eigenvalue weighted by Crippen LogP contribution is -2.41. The molecule has 0 spiro atoms. The number of carbonyl (C=O) groups is 1. The van der Waals surface area contributed by atoms with Gasteiger partial charge in [0.05, 0.1) is 25.3 Å². The van der Waals surface area contributed by atoms with Gasteiger partial charge in [-0.1, -0.05) is 0 Å². The van der Waals surface area contributed by atoms with Crippen LogP contribution in [-0.4, -0.2) is 53.5 Å². The largest absolute Gasteiger partial charge is 0.454 e. The van der Waals surface area contributed by atoms with Crippen LogP contribution in [0.3, 0.4) is 0 Å². The van der Waals surface area contributed by atoms with Gasteiger partial charge in [0.25, 0.3) is 0 Å². The summed E-state index contributed by atoms with van der Waals surface area (Å²) in [4.78, 5) is 19.1. The Morgan fingerprint density at radius 3 is 2.77 bits per heavy atom. The van der Waals surface area contributed by atoms with Crippen molar-refractivity contribution in [3.63, 3.8) is 0 Å². The number of ether oxygens (including phenoxy) is 3. The Balaban J connectivity index is 1.39. The second-order valence-corrected chi connectivity index (χ2v) is 8.40. The minimum atomic E-state index is 0.116. The average Bonchev–Trinajstić information content (AvgIpc) is 3.47. The highest BCUT2D eigenvalue weighted by Gasteiger charge is 2.21. The zero-order valence-corrected chi connectivity index (χ0v) is 17.8. The molecule has 7 nitrogen and oxygen atoms in total. The molecule has 8 heteroatoms. The molecule has 5 rings (SSSR count). The molecule has 4 heterocycles. The number of amides is 1. The zero-order valence-electron chi connectivity index (χ0n) is 17.0. The van der Waals surface area contributed by atoms with Crippen LogP contribution in [0.5, 0.6) is 11.5 Å². The lowest BCUT2D eigenvalue weighted by Gasteiger charge is -2.26. The van der Waals surface area contributed by atoms with Crippen LogP contribution in [-0.2, 0) is 16.0 Å². The summed E-state index contributed by atoms with van der Waals surface area (Å²) in [5, 5.41) is 2.88. The fraction of sp³-hybridized carbons (Fsp3) is 0.364. The van der Waals surface area contributed by atoms with E-state index >= 15 is 0 Å². The van der Waals surface area contributed by atoms with Gasteiger partial charge in [-0.05, 0) is 32.0 Å². The van der Waals surface area contributed by atoms with Crippen LogP contribution in [0.15, 0.2) is 29.6 Å². The Morgan fingerprint density at radius 2 is 1.93 bits per heavy atom. The number of carbonyl (C=O) groups excluding carboxylic acids is 1. The third-order valence-corrected chi connectivity index (χ3v) is 6.39. The highest BCUT2D eigenvalue weighted by atomic mass is 32.1. The van der Waals surface area contributed by atoms with Crippen LogP contribution in [0.2, 0.25) is 0 Å². The molecule has 1 aromatic carbocycles. The van der Waals surface area contributed by atoms with Crippen molar-refractivity contribution in [1.82, 2.24) is 14.5 Å². The first-order valence-electron chi connectivity index (χ1n) is 9.99. The maximum atomic E-state index is 12.5. The number of hydrogen-bond donors (Lipinski definition) is 0. The monoisotopic (exact) mass is 425 g/mol. The summed E-state index contributed by atoms with van der Waals surface area (Å²) in [5.41, 5.74) is 5.22. The molecule has 2 aliphatic rings. The summed E-state index contributed by atoms with van der Waals surface area (Å²) in [6.45, 7) is 6.97. The van der Waals surface area contributed by atoms with Gasteiger partial charge in [0.1, 0.15) is 5.01 Å². The molecule has 156 valence electrons. The molecular formula is C22H23N3O4S. The van der Waals surface area contributed by atoms with Gasteiger partial charge in [-0.15, -0.1) is 11.3 Å². The first-order chi connectivity index (χ1) is 14.6. The van der Waals surface area contributed by atoms with Gasteiger partial charge >= 0.3 is 0 Å². The Morgan fingerprint density at radius 1 is 1.13 bits per heavy atom. The highest BCUT2D eigenvalue weighted by Crippen LogP contribution is 2.36. The molecule has 0 unspecified atom stereocenters. The first kappa shape index (κ1) is 19.1. The van der Waals surface area contributed by atoms with Crippen molar-refractivity contribution in [3.05, 3.63) is 46.0 Å². The number of rotatable bonds is 4. The van der Waals surface area contributed by atoms with E-state index in [2.05, 4.69) is 24.5 Å². The number of aryl methyl sites for hydroxylation is 1. The molecule has 1 saturated heterocycles. The van der Waals surface area contributed by atoms with Gasteiger partial charge in [-0.25, -0.2) is 4.98 Å². The van der Waals surface area contributed by atoms with E-state index in [-0.39, 0.29) is 12.7 Å². The van der Waals surface area contributed by atoms with Crippen molar-refractivity contribution in [1.29, 1.82) is 0 Å². The number of morpholine rings is 1. The number of thiazole rings is 1. The lowest BCUT2D eigenvalue weighted by atomic mass is 10.2. The van der Waals surface area contributed by atoms with E-state index in [0.29, 0.717) is 32.7 Å². The van der Waals surface area contributed by atoms with E-state index in [1.807, 2.05) is 28.5 Å². The maximum Gasteiger partial charge on any atom is 0.231 e. The Kier molecular flexibility index (Phi) is 4.96. The van der Waals surface area contributed by atoms with E-state index in [0.717, 1.165) is 44.8 Å². The van der Waals surface area contributed by atoms with Crippen molar-refractivity contribution in [2.75, 3.05) is 33.1 Å². The molecule has 2 aromatic heterocycles. The average molecular weight is 426 g/mol. The fourth-order valence-corrected chi connectivity index (χ4v) is 4.80. The van der Waals surface area contributed by atoms with Crippen molar-refractivity contribution >= 4 is 17.2 Å². The van der Waals surface area contributed by atoms with Crippen LogP contribution in [0.1, 0.15) is 16.4 Å². The van der Waals surface area contributed by atoms with E-state index in [1.165, 1.54) is 11.3 Å². The van der Waals surface area contributed by atoms with Crippen LogP contribution < -0.4 is 9.47 Å². The molecule has 2 aliphatic heterocycles. The Hall–Kier alpha value is -2.84. The third-order valence-electron chi connectivity index (χ3n) is 5.54. The summed E-state index contributed by atoms with van der Waals surface area (Å²) in [6, 6.07) is 8.11. The maximum absolute atomic E-state index is 12.5. The fourth-order valence-electron chi connectivity index (χ4n) is 4.01. The van der Waals surface area contributed by atoms with Gasteiger partial charge in [0.15, 0.2) is 11.5 Å². The lowest BCUT2D eigenvalue weighted by molar-refractivity contribution is -0.134. The van der Waals surface area contributed by atoms with Crippen LogP contribution >= 0.6 is 11.3 Å². The van der Waals surface area contributed by atoms with E-state index in [4.69, 9.17) is 19.2 Å². The van der Waals surface area contributed by atoms with Crippen molar-refractivity contribution < 1.29 is 19.0 Å². The third kappa shape index (κ3) is 3.46. The molecule has 0 radical (unpaired) electrons. The SMILES string of the molecule is Cc1cc(-c2csc(CC(=O)N3CCOCC3)n2)c(C)n1-c1ccc2c(c1)OCO2. The Bertz CT molecular complexity index is 1100. The molecule has 1 fully saturated rings. The summed E-state index contributed by atoms with van der Waals surface area (Å²) in [5.74, 6) is 1.65. The number of benzene rings is 1. The molecule has 1 amide bonds. The predicted octanol–water partition coefficient (Wildman–Crippen LogP) is 3.35. The number of aromatic nitrogens is 2. The van der Waals surface area contributed by atoms with Gasteiger partial charge in [-0.2, -0.15) is 0 Å². The summed E-state index contributed by atoms with van der Waals surface area (Å²) in [7, 11) is 0. The second kappa shape index (κ2) is 7.77. The second-order valence-electron chi connectivity index (χ2n) is 7.45. The minimum absolute atomic E-state index is 0.116. The van der Waals surface area contributed by atoms with Crippen molar-refractivity contribution in [3.8, 4) is 28.4 Å². The van der Waals surface area contributed by atoms with Crippen molar-refractivity contribution in [2.45, 2.75) is 20.3 Å².